The van der Waals surface area contributed by atoms with Gasteiger partial charge in [-0.2, -0.15) is 0 Å². The van der Waals surface area contributed by atoms with Crippen LogP contribution < -0.4 is 10.1 Å². The third kappa shape index (κ3) is 2.32. The van der Waals surface area contributed by atoms with Crippen LogP contribution >= 0.6 is 0 Å². The molecule has 4 heteroatoms. The van der Waals surface area contributed by atoms with E-state index >= 15 is 0 Å². The average Bonchev–Trinajstić information content (AvgIpc) is 3.12. The molecule has 4 nitrogen and oxygen atoms in total. The number of nitrogens with one attached hydrogen (secondary N) is 1. The van der Waals surface area contributed by atoms with Crippen molar-refractivity contribution in [1.82, 2.24) is 10.3 Å². The van der Waals surface area contributed by atoms with Gasteiger partial charge < -0.3 is 10.1 Å². The first kappa shape index (κ1) is 10.9. The number of hydrogen-bond donors (Lipinski definition) is 1. The third-order valence-corrected chi connectivity index (χ3v) is 2.90. The Bertz CT molecular complexity index is 388. The zero-order valence-corrected chi connectivity index (χ0v) is 9.56. The van der Waals surface area contributed by atoms with Gasteiger partial charge in [0.2, 0.25) is 5.88 Å². The van der Waals surface area contributed by atoms with E-state index < -0.39 is 0 Å². The van der Waals surface area contributed by atoms with Crippen molar-refractivity contribution in [2.45, 2.75) is 25.8 Å². The van der Waals surface area contributed by atoms with E-state index in [1.165, 1.54) is 20.0 Å². The fraction of sp³-hybridized carbons (Fsp3) is 0.500. The minimum Gasteiger partial charge on any atom is -0.480 e. The molecule has 1 unspecified atom stereocenters. The van der Waals surface area contributed by atoms with E-state index in [9.17, 15) is 4.79 Å². The Morgan fingerprint density at radius 3 is 3.00 bits per heavy atom. The number of hydrogen-bond acceptors (Lipinski definition) is 3. The van der Waals surface area contributed by atoms with Gasteiger partial charge in [-0.05, 0) is 37.8 Å². The van der Waals surface area contributed by atoms with Crippen LogP contribution in [-0.4, -0.2) is 24.0 Å². The summed E-state index contributed by atoms with van der Waals surface area (Å²) in [5.41, 5.74) is 0.498. The molecule has 1 aliphatic rings. The lowest BCUT2D eigenvalue weighted by atomic mass is 10.2. The van der Waals surface area contributed by atoms with Gasteiger partial charge in [-0.15, -0.1) is 0 Å². The molecule has 2 rings (SSSR count). The van der Waals surface area contributed by atoms with Gasteiger partial charge >= 0.3 is 0 Å². The molecule has 86 valence electrons. The Kier molecular flexibility index (Phi) is 3.08. The molecule has 1 aromatic heterocycles. The molecule has 1 N–H and O–H groups in total. The summed E-state index contributed by atoms with van der Waals surface area (Å²) >= 11 is 0. The van der Waals surface area contributed by atoms with Gasteiger partial charge in [0.05, 0.1) is 7.11 Å². The van der Waals surface area contributed by atoms with Crippen LogP contribution in [0.3, 0.4) is 0 Å². The molecule has 0 aromatic carbocycles. The molecule has 1 aromatic rings. The lowest BCUT2D eigenvalue weighted by Gasteiger charge is -2.13. The number of amides is 1. The highest BCUT2D eigenvalue weighted by molar-refractivity contribution is 5.96. The molecule has 0 radical (unpaired) electrons. The van der Waals surface area contributed by atoms with Crippen molar-refractivity contribution in [3.05, 3.63) is 23.9 Å². The molecule has 1 fully saturated rings. The van der Waals surface area contributed by atoms with Crippen molar-refractivity contribution in [3.63, 3.8) is 0 Å². The Balaban J connectivity index is 2.07. The van der Waals surface area contributed by atoms with Crippen molar-refractivity contribution < 1.29 is 9.53 Å². The predicted octanol–water partition coefficient (Wildman–Crippen LogP) is 1.62. The van der Waals surface area contributed by atoms with Crippen LogP contribution in [0.2, 0.25) is 0 Å². The minimum atomic E-state index is -0.107. The topological polar surface area (TPSA) is 51.2 Å². The molecular formula is C12H16N2O2. The van der Waals surface area contributed by atoms with E-state index in [0.29, 0.717) is 17.4 Å². The Hall–Kier alpha value is -1.58. The Morgan fingerprint density at radius 2 is 2.38 bits per heavy atom. The summed E-state index contributed by atoms with van der Waals surface area (Å²) in [5, 5.41) is 2.97. The van der Waals surface area contributed by atoms with E-state index in [2.05, 4.69) is 10.3 Å². The summed E-state index contributed by atoms with van der Waals surface area (Å²) in [5.74, 6) is 0.916. The monoisotopic (exact) mass is 220 g/mol. The van der Waals surface area contributed by atoms with E-state index in [1.807, 2.05) is 6.92 Å². The Labute approximate surface area is 95.0 Å². The van der Waals surface area contributed by atoms with Crippen LogP contribution in [0.4, 0.5) is 0 Å². The van der Waals surface area contributed by atoms with Gasteiger partial charge in [0.25, 0.3) is 5.91 Å². The van der Waals surface area contributed by atoms with Crippen LogP contribution in [-0.2, 0) is 0 Å². The zero-order chi connectivity index (χ0) is 11.5. The highest BCUT2D eigenvalue weighted by Crippen LogP contribution is 2.32. The molecule has 0 aliphatic heterocycles. The van der Waals surface area contributed by atoms with Crippen molar-refractivity contribution in [2.75, 3.05) is 7.11 Å². The normalized spacial score (nSPS) is 16.6. The predicted molar refractivity (Wildman–Crippen MR) is 60.4 cm³/mol. The number of rotatable bonds is 4. The second-order valence-electron chi connectivity index (χ2n) is 4.16. The fourth-order valence-electron chi connectivity index (χ4n) is 1.72. The quantitative estimate of drug-likeness (QED) is 0.838. The lowest BCUT2D eigenvalue weighted by Crippen LogP contribution is -2.34. The molecule has 0 bridgehead atoms. The summed E-state index contributed by atoms with van der Waals surface area (Å²) in [7, 11) is 1.52. The van der Waals surface area contributed by atoms with E-state index in [4.69, 9.17) is 4.74 Å². The number of carbonyl (C=O) groups is 1. The second-order valence-corrected chi connectivity index (χ2v) is 4.16. The van der Waals surface area contributed by atoms with Crippen molar-refractivity contribution in [1.29, 1.82) is 0 Å². The third-order valence-electron chi connectivity index (χ3n) is 2.90. The number of aromatic nitrogens is 1. The molecule has 0 saturated heterocycles. The van der Waals surface area contributed by atoms with Gasteiger partial charge in [0.1, 0.15) is 5.56 Å². The molecule has 1 aliphatic carbocycles. The highest BCUT2D eigenvalue weighted by atomic mass is 16.5. The first-order chi connectivity index (χ1) is 7.72. The van der Waals surface area contributed by atoms with Crippen LogP contribution in [0.15, 0.2) is 18.3 Å². The van der Waals surface area contributed by atoms with Crippen LogP contribution in [0.1, 0.15) is 30.1 Å². The van der Waals surface area contributed by atoms with Crippen LogP contribution in [0, 0.1) is 5.92 Å². The second kappa shape index (κ2) is 4.51. The summed E-state index contributed by atoms with van der Waals surface area (Å²) in [6, 6.07) is 3.69. The minimum absolute atomic E-state index is 0.107. The number of methoxy groups -OCH3 is 1. The smallest absolute Gasteiger partial charge is 0.256 e. The van der Waals surface area contributed by atoms with Gasteiger partial charge in [0, 0.05) is 12.2 Å². The lowest BCUT2D eigenvalue weighted by molar-refractivity contribution is 0.0932. The van der Waals surface area contributed by atoms with E-state index in [0.717, 1.165) is 0 Å². The van der Waals surface area contributed by atoms with Crippen molar-refractivity contribution in [3.8, 4) is 5.88 Å². The maximum atomic E-state index is 11.9. The summed E-state index contributed by atoms with van der Waals surface area (Å²) < 4.78 is 5.05. The molecule has 1 atom stereocenters. The van der Waals surface area contributed by atoms with E-state index in [1.54, 1.807) is 18.3 Å². The summed E-state index contributed by atoms with van der Waals surface area (Å²) in [6.07, 6.45) is 4.04. The average molecular weight is 220 g/mol. The molecule has 16 heavy (non-hydrogen) atoms. The maximum Gasteiger partial charge on any atom is 0.256 e. The molecule has 1 amide bonds. The summed E-state index contributed by atoms with van der Waals surface area (Å²) in [4.78, 5) is 15.9. The van der Waals surface area contributed by atoms with E-state index in [-0.39, 0.29) is 11.9 Å². The maximum absolute atomic E-state index is 11.9. The SMILES string of the molecule is COc1ncccc1C(=O)NC(C)C1CC1. The first-order valence-electron chi connectivity index (χ1n) is 5.52. The fourth-order valence-corrected chi connectivity index (χ4v) is 1.72. The summed E-state index contributed by atoms with van der Waals surface area (Å²) in [6.45, 7) is 2.04. The standard InChI is InChI=1S/C12H16N2O2/c1-8(9-5-6-9)14-11(15)10-4-3-7-13-12(10)16-2/h3-4,7-9H,5-6H2,1-2H3,(H,14,15). The highest BCUT2D eigenvalue weighted by Gasteiger charge is 2.29. The number of nitrogens with zero attached hydrogens (tertiary/aromatic N) is 1. The molecule has 1 heterocycles. The first-order valence-corrected chi connectivity index (χ1v) is 5.52. The van der Waals surface area contributed by atoms with Crippen LogP contribution in [0.5, 0.6) is 5.88 Å². The number of pyridine rings is 1. The molecular weight excluding hydrogens is 204 g/mol. The Morgan fingerprint density at radius 1 is 1.62 bits per heavy atom. The van der Waals surface area contributed by atoms with Crippen molar-refractivity contribution >= 4 is 5.91 Å². The largest absolute Gasteiger partial charge is 0.480 e. The molecule has 1 saturated carbocycles. The van der Waals surface area contributed by atoms with Crippen LogP contribution in [0.25, 0.3) is 0 Å². The molecule has 0 spiro atoms. The van der Waals surface area contributed by atoms with Gasteiger partial charge in [0.15, 0.2) is 0 Å². The number of ether oxygens (including phenoxy) is 1. The van der Waals surface area contributed by atoms with Crippen molar-refractivity contribution in [2.24, 2.45) is 5.92 Å². The zero-order valence-electron chi connectivity index (χ0n) is 9.56. The number of carbonyl (C=O) groups excluding carboxylic acids is 1. The van der Waals surface area contributed by atoms with Gasteiger partial charge in [-0.3, -0.25) is 4.79 Å². The van der Waals surface area contributed by atoms with Gasteiger partial charge in [-0.1, -0.05) is 0 Å². The van der Waals surface area contributed by atoms with Gasteiger partial charge in [-0.25, -0.2) is 4.98 Å².